The molecule has 2 aliphatic rings. The number of hydrogen-bond acceptors (Lipinski definition) is 3. The van der Waals surface area contributed by atoms with Gasteiger partial charge in [0.2, 0.25) is 0 Å². The van der Waals surface area contributed by atoms with Crippen molar-refractivity contribution >= 4 is 0 Å². The van der Waals surface area contributed by atoms with Crippen molar-refractivity contribution in [3.8, 4) is 0 Å². The summed E-state index contributed by atoms with van der Waals surface area (Å²) in [5, 5.41) is 7.51. The highest BCUT2D eigenvalue weighted by Gasteiger charge is 2.27. The highest BCUT2D eigenvalue weighted by molar-refractivity contribution is 5.15. The Morgan fingerprint density at radius 3 is 2.69 bits per heavy atom. The Balaban J connectivity index is 1.93. The fraction of sp³-hybridized carbons (Fsp3) is 0.667. The van der Waals surface area contributed by atoms with Gasteiger partial charge in [-0.3, -0.25) is 4.79 Å². The molecule has 0 amide bonds. The highest BCUT2D eigenvalue weighted by atomic mass is 16.1. The van der Waals surface area contributed by atoms with E-state index >= 15 is 0 Å². The molecule has 1 saturated heterocycles. The molecule has 1 saturated carbocycles. The van der Waals surface area contributed by atoms with Crippen molar-refractivity contribution in [1.29, 1.82) is 0 Å². The standard InChI is InChI=1S/C12H17N3O/c16-12-11(9-3-6-13-7-4-9)5-8-14-15(12)10-1-2-10/h5,8-10,13H,1-4,6-7H2. The molecule has 4 heteroatoms. The molecule has 2 heterocycles. The van der Waals surface area contributed by atoms with Crippen LogP contribution in [-0.2, 0) is 0 Å². The summed E-state index contributed by atoms with van der Waals surface area (Å²) in [6.45, 7) is 2.05. The first-order chi connectivity index (χ1) is 7.86. The van der Waals surface area contributed by atoms with E-state index < -0.39 is 0 Å². The van der Waals surface area contributed by atoms with E-state index in [0.717, 1.165) is 44.3 Å². The molecule has 3 rings (SSSR count). The summed E-state index contributed by atoms with van der Waals surface area (Å²) >= 11 is 0. The lowest BCUT2D eigenvalue weighted by molar-refractivity contribution is 0.450. The second kappa shape index (κ2) is 4.01. The van der Waals surface area contributed by atoms with Crippen LogP contribution in [0, 0.1) is 0 Å². The van der Waals surface area contributed by atoms with Crippen LogP contribution >= 0.6 is 0 Å². The second-order valence-corrected chi connectivity index (χ2v) is 4.79. The Labute approximate surface area is 94.7 Å². The number of nitrogens with zero attached hydrogens (tertiary/aromatic N) is 2. The summed E-state index contributed by atoms with van der Waals surface area (Å²) in [4.78, 5) is 12.2. The number of nitrogens with one attached hydrogen (secondary N) is 1. The largest absolute Gasteiger partial charge is 0.317 e. The molecular formula is C12H17N3O. The molecule has 86 valence electrons. The summed E-state index contributed by atoms with van der Waals surface area (Å²) in [6.07, 6.45) is 6.16. The highest BCUT2D eigenvalue weighted by Crippen LogP contribution is 2.33. The maximum absolute atomic E-state index is 12.2. The van der Waals surface area contributed by atoms with Gasteiger partial charge in [-0.05, 0) is 50.8 Å². The van der Waals surface area contributed by atoms with Crippen LogP contribution in [0.2, 0.25) is 0 Å². The summed E-state index contributed by atoms with van der Waals surface area (Å²) < 4.78 is 1.69. The summed E-state index contributed by atoms with van der Waals surface area (Å²) in [6, 6.07) is 2.30. The van der Waals surface area contributed by atoms with Crippen LogP contribution in [0.5, 0.6) is 0 Å². The average Bonchev–Trinajstić information content (AvgIpc) is 3.15. The van der Waals surface area contributed by atoms with Gasteiger partial charge in [-0.2, -0.15) is 5.10 Å². The van der Waals surface area contributed by atoms with Crippen molar-refractivity contribution in [2.24, 2.45) is 0 Å². The maximum Gasteiger partial charge on any atom is 0.270 e. The molecule has 1 aliphatic heterocycles. The molecule has 1 aliphatic carbocycles. The molecule has 1 N–H and O–H groups in total. The molecule has 0 atom stereocenters. The first kappa shape index (κ1) is 10.0. The van der Waals surface area contributed by atoms with Gasteiger partial charge in [0.25, 0.3) is 5.56 Å². The quantitative estimate of drug-likeness (QED) is 0.808. The lowest BCUT2D eigenvalue weighted by Gasteiger charge is -2.22. The molecule has 0 bridgehead atoms. The van der Waals surface area contributed by atoms with Gasteiger partial charge in [0.1, 0.15) is 0 Å². The lowest BCUT2D eigenvalue weighted by atomic mass is 9.91. The second-order valence-electron chi connectivity index (χ2n) is 4.79. The molecule has 1 aromatic heterocycles. The normalized spacial score (nSPS) is 22.2. The summed E-state index contributed by atoms with van der Waals surface area (Å²) in [5.74, 6) is 0.432. The Kier molecular flexibility index (Phi) is 2.52. The summed E-state index contributed by atoms with van der Waals surface area (Å²) in [5.41, 5.74) is 1.13. The van der Waals surface area contributed by atoms with Gasteiger partial charge in [0.05, 0.1) is 6.04 Å². The van der Waals surface area contributed by atoms with Gasteiger partial charge >= 0.3 is 0 Å². The minimum atomic E-state index is 0.150. The first-order valence-electron chi connectivity index (χ1n) is 6.14. The smallest absolute Gasteiger partial charge is 0.270 e. The van der Waals surface area contributed by atoms with Gasteiger partial charge in [0.15, 0.2) is 0 Å². The summed E-state index contributed by atoms with van der Waals surface area (Å²) in [7, 11) is 0. The number of aromatic nitrogens is 2. The zero-order valence-corrected chi connectivity index (χ0v) is 9.35. The molecule has 0 aromatic carbocycles. The van der Waals surface area contributed by atoms with E-state index in [0.29, 0.717) is 12.0 Å². The van der Waals surface area contributed by atoms with Crippen LogP contribution in [0.25, 0.3) is 0 Å². The van der Waals surface area contributed by atoms with Crippen LogP contribution in [0.15, 0.2) is 17.1 Å². The number of piperidine rings is 1. The third-order valence-corrected chi connectivity index (χ3v) is 3.57. The van der Waals surface area contributed by atoms with Crippen molar-refractivity contribution in [2.75, 3.05) is 13.1 Å². The maximum atomic E-state index is 12.2. The van der Waals surface area contributed by atoms with Gasteiger partial charge in [-0.15, -0.1) is 0 Å². The predicted molar refractivity (Wildman–Crippen MR) is 61.6 cm³/mol. The Hall–Kier alpha value is -1.16. The van der Waals surface area contributed by atoms with Crippen LogP contribution < -0.4 is 10.9 Å². The Bertz CT molecular complexity index is 430. The molecule has 2 fully saturated rings. The average molecular weight is 219 g/mol. The zero-order valence-electron chi connectivity index (χ0n) is 9.35. The van der Waals surface area contributed by atoms with Crippen LogP contribution in [0.4, 0.5) is 0 Å². The molecule has 1 aromatic rings. The predicted octanol–water partition coefficient (Wildman–Crippen LogP) is 1.05. The topological polar surface area (TPSA) is 46.9 Å². The molecule has 0 unspecified atom stereocenters. The van der Waals surface area contributed by atoms with Gasteiger partial charge in [0, 0.05) is 11.8 Å². The first-order valence-corrected chi connectivity index (χ1v) is 6.14. The molecule has 16 heavy (non-hydrogen) atoms. The van der Waals surface area contributed by atoms with E-state index in [4.69, 9.17) is 0 Å². The van der Waals surface area contributed by atoms with E-state index in [-0.39, 0.29) is 5.56 Å². The van der Waals surface area contributed by atoms with Crippen LogP contribution in [-0.4, -0.2) is 22.9 Å². The minimum Gasteiger partial charge on any atom is -0.317 e. The molecule has 0 radical (unpaired) electrons. The molecule has 0 spiro atoms. The van der Waals surface area contributed by atoms with Crippen molar-refractivity contribution in [3.05, 3.63) is 28.2 Å². The Morgan fingerprint density at radius 2 is 2.00 bits per heavy atom. The van der Waals surface area contributed by atoms with Crippen LogP contribution in [0.3, 0.4) is 0 Å². The van der Waals surface area contributed by atoms with E-state index in [1.54, 1.807) is 10.9 Å². The SMILES string of the molecule is O=c1c(C2CCNCC2)ccnn1C1CC1. The monoisotopic (exact) mass is 219 g/mol. The Morgan fingerprint density at radius 1 is 1.25 bits per heavy atom. The van der Waals surface area contributed by atoms with E-state index in [2.05, 4.69) is 10.4 Å². The minimum absolute atomic E-state index is 0.150. The molecular weight excluding hydrogens is 202 g/mol. The van der Waals surface area contributed by atoms with Gasteiger partial charge < -0.3 is 5.32 Å². The van der Waals surface area contributed by atoms with Crippen molar-refractivity contribution in [2.45, 2.75) is 37.6 Å². The van der Waals surface area contributed by atoms with E-state index in [1.165, 1.54) is 0 Å². The fourth-order valence-corrected chi connectivity index (χ4v) is 2.46. The number of rotatable bonds is 2. The zero-order chi connectivity index (χ0) is 11.0. The van der Waals surface area contributed by atoms with Crippen LogP contribution in [0.1, 0.15) is 43.2 Å². The fourth-order valence-electron chi connectivity index (χ4n) is 2.46. The van der Waals surface area contributed by atoms with Crippen molar-refractivity contribution < 1.29 is 0 Å². The molecule has 4 nitrogen and oxygen atoms in total. The lowest BCUT2D eigenvalue weighted by Crippen LogP contribution is -2.32. The van der Waals surface area contributed by atoms with Gasteiger partial charge in [-0.25, -0.2) is 4.68 Å². The van der Waals surface area contributed by atoms with Crippen molar-refractivity contribution in [3.63, 3.8) is 0 Å². The van der Waals surface area contributed by atoms with Gasteiger partial charge in [-0.1, -0.05) is 0 Å². The third kappa shape index (κ3) is 1.78. The third-order valence-electron chi connectivity index (χ3n) is 3.57. The van der Waals surface area contributed by atoms with Crippen molar-refractivity contribution in [1.82, 2.24) is 15.1 Å². The van der Waals surface area contributed by atoms with E-state index in [1.807, 2.05) is 6.07 Å². The number of hydrogen-bond donors (Lipinski definition) is 1. The van der Waals surface area contributed by atoms with E-state index in [9.17, 15) is 4.79 Å².